The van der Waals surface area contributed by atoms with E-state index in [2.05, 4.69) is 44.0 Å². The fourth-order valence-corrected chi connectivity index (χ4v) is 3.26. The van der Waals surface area contributed by atoms with Crippen LogP contribution in [-0.4, -0.2) is 19.1 Å². The second-order valence-corrected chi connectivity index (χ2v) is 6.91. The predicted octanol–water partition coefficient (Wildman–Crippen LogP) is 4.20. The molecule has 0 aliphatic carbocycles. The molecule has 1 fully saturated rings. The van der Waals surface area contributed by atoms with Crippen LogP contribution in [0.1, 0.15) is 46.1 Å². The minimum Gasteiger partial charge on any atom is -0.368 e. The van der Waals surface area contributed by atoms with Gasteiger partial charge in [0.1, 0.15) is 5.82 Å². The van der Waals surface area contributed by atoms with Gasteiger partial charge in [-0.2, -0.15) is 0 Å². The molecule has 0 aromatic heterocycles. The Hall–Kier alpha value is -1.09. The highest BCUT2D eigenvalue weighted by Crippen LogP contribution is 2.33. The van der Waals surface area contributed by atoms with E-state index in [9.17, 15) is 4.39 Å². The normalized spacial score (nSPS) is 19.0. The molecule has 1 saturated heterocycles. The van der Waals surface area contributed by atoms with Crippen molar-refractivity contribution in [1.29, 1.82) is 0 Å². The molecule has 2 rings (SSSR count). The van der Waals surface area contributed by atoms with Crippen LogP contribution >= 0.6 is 0 Å². The topological polar surface area (TPSA) is 15.3 Å². The number of rotatable bonds is 6. The Labute approximate surface area is 128 Å². The van der Waals surface area contributed by atoms with Crippen molar-refractivity contribution in [1.82, 2.24) is 5.32 Å². The first-order chi connectivity index (χ1) is 10.0. The average molecular weight is 292 g/mol. The summed E-state index contributed by atoms with van der Waals surface area (Å²) < 4.78 is 14.3. The molecule has 0 saturated carbocycles. The Bertz CT molecular complexity index is 457. The molecular weight excluding hydrogens is 263 g/mol. The van der Waals surface area contributed by atoms with Crippen LogP contribution in [0.3, 0.4) is 0 Å². The van der Waals surface area contributed by atoms with Gasteiger partial charge in [0.15, 0.2) is 0 Å². The van der Waals surface area contributed by atoms with Gasteiger partial charge < -0.3 is 10.2 Å². The fourth-order valence-electron chi connectivity index (χ4n) is 3.26. The maximum Gasteiger partial charge on any atom is 0.129 e. The van der Waals surface area contributed by atoms with Gasteiger partial charge in [-0.3, -0.25) is 0 Å². The molecule has 3 heteroatoms. The van der Waals surface area contributed by atoms with Crippen LogP contribution in [0.5, 0.6) is 0 Å². The van der Waals surface area contributed by atoms with Crippen molar-refractivity contribution >= 4 is 5.69 Å². The van der Waals surface area contributed by atoms with Gasteiger partial charge in [0.05, 0.1) is 0 Å². The third-order valence-electron chi connectivity index (χ3n) is 4.33. The van der Waals surface area contributed by atoms with Crippen molar-refractivity contribution < 1.29 is 4.39 Å². The number of halogens is 1. The summed E-state index contributed by atoms with van der Waals surface area (Å²) in [6.07, 6.45) is 2.42. The Morgan fingerprint density at radius 2 is 2.05 bits per heavy atom. The number of anilines is 1. The van der Waals surface area contributed by atoms with Gasteiger partial charge in [-0.15, -0.1) is 0 Å². The van der Waals surface area contributed by atoms with E-state index in [-0.39, 0.29) is 5.82 Å². The quantitative estimate of drug-likeness (QED) is 0.845. The largest absolute Gasteiger partial charge is 0.368 e. The third kappa shape index (κ3) is 3.97. The number of nitrogens with one attached hydrogen (secondary N) is 1. The first-order valence-electron chi connectivity index (χ1n) is 8.25. The number of hydrogen-bond acceptors (Lipinski definition) is 2. The summed E-state index contributed by atoms with van der Waals surface area (Å²) in [4.78, 5) is 2.42. The van der Waals surface area contributed by atoms with Crippen LogP contribution in [0.25, 0.3) is 0 Å². The fraction of sp³-hybridized carbons (Fsp3) is 0.667. The molecule has 0 spiro atoms. The van der Waals surface area contributed by atoms with E-state index < -0.39 is 0 Å². The molecule has 118 valence electrons. The molecule has 0 amide bonds. The monoisotopic (exact) mass is 292 g/mol. The van der Waals surface area contributed by atoms with E-state index in [0.29, 0.717) is 24.4 Å². The zero-order valence-corrected chi connectivity index (χ0v) is 13.8. The molecule has 1 aromatic rings. The maximum atomic E-state index is 14.3. The zero-order chi connectivity index (χ0) is 15.4. The molecule has 1 aromatic carbocycles. The summed E-state index contributed by atoms with van der Waals surface area (Å²) in [5, 5.41) is 3.38. The third-order valence-corrected chi connectivity index (χ3v) is 4.33. The SMILES string of the molecule is CC(C)CNCc1c(F)cccc1N1CCCC1C(C)C. The molecule has 1 aliphatic rings. The summed E-state index contributed by atoms with van der Waals surface area (Å²) in [6.45, 7) is 11.4. The van der Waals surface area contributed by atoms with E-state index >= 15 is 0 Å². The van der Waals surface area contributed by atoms with Crippen molar-refractivity contribution in [2.75, 3.05) is 18.0 Å². The molecule has 0 radical (unpaired) electrons. The molecule has 2 nitrogen and oxygen atoms in total. The predicted molar refractivity (Wildman–Crippen MR) is 88.2 cm³/mol. The van der Waals surface area contributed by atoms with Crippen LogP contribution in [0.2, 0.25) is 0 Å². The van der Waals surface area contributed by atoms with Gasteiger partial charge >= 0.3 is 0 Å². The summed E-state index contributed by atoms with van der Waals surface area (Å²) in [5.74, 6) is 1.10. The molecule has 1 N–H and O–H groups in total. The van der Waals surface area contributed by atoms with Gasteiger partial charge in [-0.25, -0.2) is 4.39 Å². The van der Waals surface area contributed by atoms with Gasteiger partial charge in [0, 0.05) is 30.4 Å². The maximum absolute atomic E-state index is 14.3. The van der Waals surface area contributed by atoms with Gasteiger partial charge in [0.25, 0.3) is 0 Å². The van der Waals surface area contributed by atoms with Crippen LogP contribution in [0.4, 0.5) is 10.1 Å². The van der Waals surface area contributed by atoms with Crippen molar-refractivity contribution in [3.8, 4) is 0 Å². The van der Waals surface area contributed by atoms with Crippen LogP contribution < -0.4 is 10.2 Å². The summed E-state index contributed by atoms with van der Waals surface area (Å²) >= 11 is 0. The highest BCUT2D eigenvalue weighted by atomic mass is 19.1. The number of hydrogen-bond donors (Lipinski definition) is 1. The minimum atomic E-state index is -0.0850. The van der Waals surface area contributed by atoms with Crippen molar-refractivity contribution in [3.05, 3.63) is 29.6 Å². The first kappa shape index (κ1) is 16.3. The Balaban J connectivity index is 2.20. The zero-order valence-electron chi connectivity index (χ0n) is 13.8. The van der Waals surface area contributed by atoms with E-state index in [1.807, 2.05) is 6.07 Å². The van der Waals surface area contributed by atoms with E-state index in [1.54, 1.807) is 6.07 Å². The molecular formula is C18H29FN2. The number of benzene rings is 1. The Kier molecular flexibility index (Phi) is 5.63. The van der Waals surface area contributed by atoms with Crippen LogP contribution in [0.15, 0.2) is 18.2 Å². The highest BCUT2D eigenvalue weighted by molar-refractivity contribution is 5.56. The molecule has 1 atom stereocenters. The lowest BCUT2D eigenvalue weighted by Crippen LogP contribution is -2.34. The summed E-state index contributed by atoms with van der Waals surface area (Å²) in [7, 11) is 0. The standard InChI is InChI=1S/C18H29FN2/c1-13(2)11-20-12-15-16(19)7-5-8-18(15)21-10-6-9-17(21)14(3)4/h5,7-8,13-14,17,20H,6,9-12H2,1-4H3. The lowest BCUT2D eigenvalue weighted by Gasteiger charge is -2.31. The summed E-state index contributed by atoms with van der Waals surface area (Å²) in [5.41, 5.74) is 1.91. The van der Waals surface area contributed by atoms with Gasteiger partial charge in [-0.1, -0.05) is 33.8 Å². The van der Waals surface area contributed by atoms with E-state index in [0.717, 1.165) is 24.3 Å². The smallest absolute Gasteiger partial charge is 0.129 e. The molecule has 0 bridgehead atoms. The first-order valence-corrected chi connectivity index (χ1v) is 8.25. The molecule has 1 unspecified atom stereocenters. The molecule has 1 aliphatic heterocycles. The number of nitrogens with zero attached hydrogens (tertiary/aromatic N) is 1. The van der Waals surface area contributed by atoms with Crippen LogP contribution in [-0.2, 0) is 6.54 Å². The van der Waals surface area contributed by atoms with Crippen molar-refractivity contribution in [2.45, 2.75) is 53.1 Å². The van der Waals surface area contributed by atoms with Gasteiger partial charge in [-0.05, 0) is 43.4 Å². The second-order valence-electron chi connectivity index (χ2n) is 6.91. The minimum absolute atomic E-state index is 0.0850. The Morgan fingerprint density at radius 1 is 1.29 bits per heavy atom. The van der Waals surface area contributed by atoms with E-state index in [1.165, 1.54) is 12.8 Å². The summed E-state index contributed by atoms with van der Waals surface area (Å²) in [6, 6.07) is 6.04. The van der Waals surface area contributed by atoms with E-state index in [4.69, 9.17) is 0 Å². The lowest BCUT2D eigenvalue weighted by atomic mass is 10.0. The van der Waals surface area contributed by atoms with Crippen LogP contribution in [0, 0.1) is 17.7 Å². The lowest BCUT2D eigenvalue weighted by molar-refractivity contribution is 0.487. The molecule has 1 heterocycles. The Morgan fingerprint density at radius 3 is 2.71 bits per heavy atom. The molecule has 21 heavy (non-hydrogen) atoms. The van der Waals surface area contributed by atoms with Gasteiger partial charge in [0.2, 0.25) is 0 Å². The van der Waals surface area contributed by atoms with Crippen molar-refractivity contribution in [3.63, 3.8) is 0 Å². The second kappa shape index (κ2) is 7.26. The van der Waals surface area contributed by atoms with Crippen molar-refractivity contribution in [2.24, 2.45) is 11.8 Å². The highest BCUT2D eigenvalue weighted by Gasteiger charge is 2.29. The average Bonchev–Trinajstić information content (AvgIpc) is 2.89.